The Bertz CT molecular complexity index is 424. The van der Waals surface area contributed by atoms with Crippen molar-refractivity contribution >= 4 is 28.9 Å². The molecule has 2 nitrogen and oxygen atoms in total. The zero-order valence-corrected chi connectivity index (χ0v) is 8.77. The first kappa shape index (κ1) is 8.91. The van der Waals surface area contributed by atoms with Crippen molar-refractivity contribution in [2.75, 3.05) is 5.75 Å². The molecule has 0 saturated carbocycles. The van der Waals surface area contributed by atoms with Crippen molar-refractivity contribution in [2.45, 2.75) is 12.1 Å². The van der Waals surface area contributed by atoms with Gasteiger partial charge >= 0.3 is 0 Å². The predicted octanol–water partition coefficient (Wildman–Crippen LogP) is 3.10. The standard InChI is InChI=1S/C9H9ClN2S/c1-2-13-9-11-6-8-5-7(10)3-4-12(8)9/h3-6H,2H2,1H3. The zero-order valence-electron chi connectivity index (χ0n) is 7.20. The summed E-state index contributed by atoms with van der Waals surface area (Å²) >= 11 is 7.58. The number of hydrogen-bond acceptors (Lipinski definition) is 2. The van der Waals surface area contributed by atoms with Gasteiger partial charge in [0.15, 0.2) is 5.16 Å². The number of thioether (sulfide) groups is 1. The van der Waals surface area contributed by atoms with E-state index in [4.69, 9.17) is 11.6 Å². The third kappa shape index (κ3) is 1.67. The summed E-state index contributed by atoms with van der Waals surface area (Å²) in [6.45, 7) is 2.11. The van der Waals surface area contributed by atoms with Crippen molar-refractivity contribution in [3.63, 3.8) is 0 Å². The van der Waals surface area contributed by atoms with Crippen molar-refractivity contribution in [2.24, 2.45) is 0 Å². The average molecular weight is 213 g/mol. The summed E-state index contributed by atoms with van der Waals surface area (Å²) < 4.78 is 2.04. The third-order valence-electron chi connectivity index (χ3n) is 1.73. The first-order chi connectivity index (χ1) is 6.31. The molecule has 0 radical (unpaired) electrons. The van der Waals surface area contributed by atoms with Gasteiger partial charge in [-0.15, -0.1) is 0 Å². The van der Waals surface area contributed by atoms with Crippen LogP contribution in [-0.2, 0) is 0 Å². The van der Waals surface area contributed by atoms with Gasteiger partial charge in [-0.1, -0.05) is 30.3 Å². The molecule has 68 valence electrons. The molecule has 2 rings (SSSR count). The minimum atomic E-state index is 0.750. The van der Waals surface area contributed by atoms with Gasteiger partial charge in [-0.3, -0.25) is 4.40 Å². The van der Waals surface area contributed by atoms with Gasteiger partial charge in [0.05, 0.1) is 11.7 Å². The number of halogens is 1. The molecular weight excluding hydrogens is 204 g/mol. The fraction of sp³-hybridized carbons (Fsp3) is 0.222. The van der Waals surface area contributed by atoms with Crippen LogP contribution in [0.5, 0.6) is 0 Å². The van der Waals surface area contributed by atoms with Gasteiger partial charge < -0.3 is 0 Å². The third-order valence-corrected chi connectivity index (χ3v) is 2.82. The van der Waals surface area contributed by atoms with Gasteiger partial charge in [0.25, 0.3) is 0 Å². The quantitative estimate of drug-likeness (QED) is 0.712. The summed E-state index contributed by atoms with van der Waals surface area (Å²) in [6, 6.07) is 3.78. The second kappa shape index (κ2) is 3.60. The van der Waals surface area contributed by atoms with Crippen molar-refractivity contribution < 1.29 is 0 Å². The van der Waals surface area contributed by atoms with Crippen LogP contribution >= 0.6 is 23.4 Å². The SMILES string of the molecule is CCSc1ncc2cc(Cl)ccn12. The Kier molecular flexibility index (Phi) is 2.47. The summed E-state index contributed by atoms with van der Waals surface area (Å²) in [7, 11) is 0. The molecule has 0 spiro atoms. The van der Waals surface area contributed by atoms with Crippen molar-refractivity contribution in [1.82, 2.24) is 9.38 Å². The molecule has 2 aromatic heterocycles. The van der Waals surface area contributed by atoms with Crippen LogP contribution in [0.4, 0.5) is 0 Å². The van der Waals surface area contributed by atoms with Crippen LogP contribution in [-0.4, -0.2) is 15.1 Å². The van der Waals surface area contributed by atoms with Gasteiger partial charge in [-0.05, 0) is 17.9 Å². The van der Waals surface area contributed by atoms with Crippen LogP contribution in [0.15, 0.2) is 29.7 Å². The molecule has 0 unspecified atom stereocenters. The van der Waals surface area contributed by atoms with Crippen LogP contribution in [0.3, 0.4) is 0 Å². The summed E-state index contributed by atoms with van der Waals surface area (Å²) in [5, 5.41) is 1.77. The molecule has 0 aliphatic rings. The first-order valence-corrected chi connectivity index (χ1v) is 5.43. The Labute approximate surface area is 85.9 Å². The topological polar surface area (TPSA) is 17.3 Å². The minimum absolute atomic E-state index is 0.750. The monoisotopic (exact) mass is 212 g/mol. The summed E-state index contributed by atoms with van der Waals surface area (Å²) in [4.78, 5) is 4.29. The van der Waals surface area contributed by atoms with Crippen LogP contribution in [0.25, 0.3) is 5.52 Å². The average Bonchev–Trinajstić information content (AvgIpc) is 2.49. The van der Waals surface area contributed by atoms with Crippen molar-refractivity contribution in [3.05, 3.63) is 29.5 Å². The Balaban J connectivity index is 2.55. The molecule has 2 aromatic rings. The summed E-state index contributed by atoms with van der Waals surface area (Å²) in [5.41, 5.74) is 1.04. The van der Waals surface area contributed by atoms with Crippen molar-refractivity contribution in [1.29, 1.82) is 0 Å². The lowest BCUT2D eigenvalue weighted by atomic mass is 10.4. The van der Waals surface area contributed by atoms with E-state index in [0.29, 0.717) is 0 Å². The maximum absolute atomic E-state index is 5.86. The Morgan fingerprint density at radius 1 is 1.62 bits per heavy atom. The number of nitrogens with zero attached hydrogens (tertiary/aromatic N) is 2. The Morgan fingerprint density at radius 2 is 2.46 bits per heavy atom. The van der Waals surface area contributed by atoms with Crippen LogP contribution in [0, 0.1) is 0 Å². The Morgan fingerprint density at radius 3 is 3.23 bits per heavy atom. The molecule has 0 saturated heterocycles. The number of pyridine rings is 1. The first-order valence-electron chi connectivity index (χ1n) is 4.06. The zero-order chi connectivity index (χ0) is 9.26. The van der Waals surface area contributed by atoms with E-state index in [0.717, 1.165) is 21.4 Å². The highest BCUT2D eigenvalue weighted by Crippen LogP contribution is 2.20. The molecular formula is C9H9ClN2S. The lowest BCUT2D eigenvalue weighted by Gasteiger charge is -1.98. The molecule has 0 bridgehead atoms. The van der Waals surface area contributed by atoms with E-state index in [-0.39, 0.29) is 0 Å². The lowest BCUT2D eigenvalue weighted by Crippen LogP contribution is -1.86. The fourth-order valence-corrected chi connectivity index (χ4v) is 2.04. The highest BCUT2D eigenvalue weighted by Gasteiger charge is 2.02. The van der Waals surface area contributed by atoms with E-state index in [2.05, 4.69) is 11.9 Å². The Hall–Kier alpha value is -0.670. The largest absolute Gasteiger partial charge is 0.295 e. The molecule has 4 heteroatoms. The second-order valence-electron chi connectivity index (χ2n) is 2.61. The molecule has 0 N–H and O–H groups in total. The van der Waals surface area contributed by atoms with E-state index >= 15 is 0 Å². The molecule has 0 aliphatic carbocycles. The summed E-state index contributed by atoms with van der Waals surface area (Å²) in [5.74, 6) is 1.03. The van der Waals surface area contributed by atoms with Gasteiger partial charge in [0.1, 0.15) is 0 Å². The molecule has 2 heterocycles. The van der Waals surface area contributed by atoms with E-state index < -0.39 is 0 Å². The fourth-order valence-electron chi connectivity index (χ4n) is 1.18. The van der Waals surface area contributed by atoms with E-state index in [1.165, 1.54) is 0 Å². The molecule has 0 fully saturated rings. The van der Waals surface area contributed by atoms with Crippen LogP contribution in [0.1, 0.15) is 6.92 Å². The van der Waals surface area contributed by atoms with Gasteiger partial charge in [-0.2, -0.15) is 0 Å². The van der Waals surface area contributed by atoms with E-state index in [1.807, 2.05) is 28.9 Å². The van der Waals surface area contributed by atoms with Crippen LogP contribution in [0.2, 0.25) is 5.02 Å². The lowest BCUT2D eigenvalue weighted by molar-refractivity contribution is 0.959. The molecule has 0 amide bonds. The molecule has 0 aliphatic heterocycles. The number of rotatable bonds is 2. The smallest absolute Gasteiger partial charge is 0.172 e. The van der Waals surface area contributed by atoms with E-state index in [1.54, 1.807) is 11.8 Å². The maximum Gasteiger partial charge on any atom is 0.172 e. The summed E-state index contributed by atoms with van der Waals surface area (Å²) in [6.07, 6.45) is 3.78. The maximum atomic E-state index is 5.86. The highest BCUT2D eigenvalue weighted by atomic mass is 35.5. The number of imidazole rings is 1. The van der Waals surface area contributed by atoms with Crippen LogP contribution < -0.4 is 0 Å². The number of fused-ring (bicyclic) bond motifs is 1. The number of aromatic nitrogens is 2. The van der Waals surface area contributed by atoms with Gasteiger partial charge in [-0.25, -0.2) is 4.98 Å². The molecule has 0 aromatic carbocycles. The molecule has 0 atom stereocenters. The second-order valence-corrected chi connectivity index (χ2v) is 4.28. The van der Waals surface area contributed by atoms with Crippen molar-refractivity contribution in [3.8, 4) is 0 Å². The van der Waals surface area contributed by atoms with Gasteiger partial charge in [0.2, 0.25) is 0 Å². The highest BCUT2D eigenvalue weighted by molar-refractivity contribution is 7.99. The van der Waals surface area contributed by atoms with E-state index in [9.17, 15) is 0 Å². The molecule has 13 heavy (non-hydrogen) atoms. The minimum Gasteiger partial charge on any atom is -0.295 e. The normalized spacial score (nSPS) is 10.9. The van der Waals surface area contributed by atoms with Gasteiger partial charge in [0, 0.05) is 11.2 Å². The number of hydrogen-bond donors (Lipinski definition) is 0. The predicted molar refractivity (Wildman–Crippen MR) is 56.6 cm³/mol.